The molecule has 1 rings (SSSR count). The van der Waals surface area contributed by atoms with Crippen molar-refractivity contribution >= 4 is 11.9 Å². The average Bonchev–Trinajstić information content (AvgIpc) is 2.50. The van der Waals surface area contributed by atoms with Crippen molar-refractivity contribution in [2.24, 2.45) is 5.92 Å². The number of carbonyl (C=O) groups excluding carboxylic acids is 1. The molecule has 130 valence electrons. The zero-order valence-corrected chi connectivity index (χ0v) is 12.5. The number of benzene rings is 1. The van der Waals surface area contributed by atoms with Gasteiger partial charge in [0.25, 0.3) is 5.91 Å². The zero-order valence-electron chi connectivity index (χ0n) is 12.5. The van der Waals surface area contributed by atoms with Gasteiger partial charge in [0.1, 0.15) is 6.04 Å². The molecule has 0 bridgehead atoms. The maximum absolute atomic E-state index is 12.5. The van der Waals surface area contributed by atoms with Gasteiger partial charge in [0, 0.05) is 12.3 Å². The van der Waals surface area contributed by atoms with E-state index in [4.69, 9.17) is 10.4 Å². The Morgan fingerprint density at radius 3 is 2.25 bits per heavy atom. The van der Waals surface area contributed by atoms with Crippen molar-refractivity contribution in [3.8, 4) is 6.07 Å². The van der Waals surface area contributed by atoms with Gasteiger partial charge in [-0.1, -0.05) is 19.1 Å². The van der Waals surface area contributed by atoms with Crippen LogP contribution in [0, 0.1) is 17.2 Å². The second kappa shape index (κ2) is 7.79. The van der Waals surface area contributed by atoms with Crippen molar-refractivity contribution in [2.75, 3.05) is 0 Å². The lowest BCUT2D eigenvalue weighted by molar-refractivity contribution is -0.145. The van der Waals surface area contributed by atoms with E-state index in [-0.39, 0.29) is 12.0 Å². The third-order valence-electron chi connectivity index (χ3n) is 3.35. The Labute approximate surface area is 135 Å². The van der Waals surface area contributed by atoms with Crippen LogP contribution >= 0.6 is 0 Å². The molecule has 0 saturated carbocycles. The number of hydrogen-bond acceptors (Lipinski definition) is 4. The second-order valence-electron chi connectivity index (χ2n) is 5.19. The molecule has 3 N–H and O–H groups in total. The number of nitriles is 1. The molecule has 1 amide bonds. The zero-order chi connectivity index (χ0) is 18.5. The highest BCUT2D eigenvalue weighted by Gasteiger charge is 2.32. The van der Waals surface area contributed by atoms with Gasteiger partial charge < -0.3 is 15.5 Å². The SMILES string of the molecule is C[C@@H](CC#N)[C@@H](NC(=O)[C@@H](O)c1ccc(C(F)(F)F)cc1)C(=O)O. The number of carboxylic acid groups (broad SMARTS) is 1. The fourth-order valence-electron chi connectivity index (χ4n) is 1.95. The molecule has 0 unspecified atom stereocenters. The minimum Gasteiger partial charge on any atom is -0.480 e. The van der Waals surface area contributed by atoms with Crippen LogP contribution in [0.5, 0.6) is 0 Å². The van der Waals surface area contributed by atoms with E-state index in [0.717, 1.165) is 12.1 Å². The predicted molar refractivity (Wildman–Crippen MR) is 75.4 cm³/mol. The van der Waals surface area contributed by atoms with Gasteiger partial charge >= 0.3 is 12.1 Å². The van der Waals surface area contributed by atoms with E-state index in [1.165, 1.54) is 6.92 Å². The lowest BCUT2D eigenvalue weighted by atomic mass is 9.98. The third kappa shape index (κ3) is 4.96. The minimum atomic E-state index is -4.55. The quantitative estimate of drug-likeness (QED) is 0.729. The first kappa shape index (κ1) is 19.4. The summed E-state index contributed by atoms with van der Waals surface area (Å²) in [5, 5.41) is 29.6. The molecule has 1 aromatic rings. The summed E-state index contributed by atoms with van der Waals surface area (Å²) in [4.78, 5) is 23.1. The van der Waals surface area contributed by atoms with Crippen LogP contribution in [0.3, 0.4) is 0 Å². The number of nitrogens with one attached hydrogen (secondary N) is 1. The summed E-state index contributed by atoms with van der Waals surface area (Å²) in [7, 11) is 0. The van der Waals surface area contributed by atoms with Gasteiger partial charge in [0.2, 0.25) is 0 Å². The maximum atomic E-state index is 12.5. The van der Waals surface area contributed by atoms with Crippen LogP contribution in [-0.2, 0) is 15.8 Å². The van der Waals surface area contributed by atoms with Crippen LogP contribution in [-0.4, -0.2) is 28.1 Å². The van der Waals surface area contributed by atoms with Gasteiger partial charge in [-0.05, 0) is 17.7 Å². The topological polar surface area (TPSA) is 110 Å². The van der Waals surface area contributed by atoms with Crippen LogP contribution in [0.4, 0.5) is 13.2 Å². The fraction of sp³-hybridized carbons (Fsp3) is 0.400. The van der Waals surface area contributed by atoms with Gasteiger partial charge in [-0.15, -0.1) is 0 Å². The summed E-state index contributed by atoms with van der Waals surface area (Å²) < 4.78 is 37.4. The molecule has 0 fully saturated rings. The summed E-state index contributed by atoms with van der Waals surface area (Å²) in [5.41, 5.74) is -1.05. The second-order valence-corrected chi connectivity index (χ2v) is 5.19. The number of hydrogen-bond donors (Lipinski definition) is 3. The van der Waals surface area contributed by atoms with E-state index in [1.807, 2.05) is 0 Å². The molecule has 0 radical (unpaired) electrons. The van der Waals surface area contributed by atoms with Gasteiger partial charge in [0.05, 0.1) is 11.6 Å². The van der Waals surface area contributed by atoms with Crippen molar-refractivity contribution < 1.29 is 33.0 Å². The molecule has 6 nitrogen and oxygen atoms in total. The van der Waals surface area contributed by atoms with E-state index in [0.29, 0.717) is 12.1 Å². The van der Waals surface area contributed by atoms with E-state index in [2.05, 4.69) is 5.32 Å². The highest BCUT2D eigenvalue weighted by Crippen LogP contribution is 2.30. The molecule has 0 aliphatic heterocycles. The van der Waals surface area contributed by atoms with Crippen molar-refractivity contribution in [1.29, 1.82) is 5.26 Å². The number of amides is 1. The summed E-state index contributed by atoms with van der Waals surface area (Å²) in [6.07, 6.45) is -6.51. The molecule has 0 spiro atoms. The van der Waals surface area contributed by atoms with Crippen LogP contribution in [0.2, 0.25) is 0 Å². The van der Waals surface area contributed by atoms with Crippen molar-refractivity contribution in [3.05, 3.63) is 35.4 Å². The Morgan fingerprint density at radius 2 is 1.83 bits per heavy atom. The number of aliphatic carboxylic acids is 1. The standard InChI is InChI=1S/C15H15F3N2O4/c1-8(6-7-19)11(14(23)24)20-13(22)12(21)9-2-4-10(5-3-9)15(16,17)18/h2-5,8,11-12,21H,6H2,1H3,(H,20,22)(H,23,24)/t8-,11+,12-/m0/s1. The van der Waals surface area contributed by atoms with Crippen molar-refractivity contribution in [1.82, 2.24) is 5.32 Å². The number of carboxylic acids is 1. The summed E-state index contributed by atoms with van der Waals surface area (Å²) >= 11 is 0. The monoisotopic (exact) mass is 344 g/mol. The maximum Gasteiger partial charge on any atom is 0.416 e. The highest BCUT2D eigenvalue weighted by molar-refractivity contribution is 5.87. The molecule has 0 aliphatic carbocycles. The first-order chi connectivity index (χ1) is 11.1. The Kier molecular flexibility index (Phi) is 6.31. The smallest absolute Gasteiger partial charge is 0.416 e. The van der Waals surface area contributed by atoms with E-state index in [1.54, 1.807) is 6.07 Å². The number of aliphatic hydroxyl groups excluding tert-OH is 1. The van der Waals surface area contributed by atoms with Gasteiger partial charge in [-0.3, -0.25) is 4.79 Å². The van der Waals surface area contributed by atoms with Crippen LogP contribution in [0.15, 0.2) is 24.3 Å². The average molecular weight is 344 g/mol. The number of rotatable bonds is 6. The van der Waals surface area contributed by atoms with Crippen molar-refractivity contribution in [2.45, 2.75) is 31.7 Å². The molecular weight excluding hydrogens is 329 g/mol. The van der Waals surface area contributed by atoms with E-state index < -0.39 is 41.7 Å². The predicted octanol–water partition coefficient (Wildman–Crippen LogP) is 1.86. The van der Waals surface area contributed by atoms with E-state index >= 15 is 0 Å². The third-order valence-corrected chi connectivity index (χ3v) is 3.35. The molecule has 1 aromatic carbocycles. The number of halogens is 3. The Hall–Kier alpha value is -2.60. The molecule has 3 atom stereocenters. The number of nitrogens with zero attached hydrogens (tertiary/aromatic N) is 1. The lowest BCUT2D eigenvalue weighted by Gasteiger charge is -2.21. The Morgan fingerprint density at radius 1 is 1.29 bits per heavy atom. The number of carbonyl (C=O) groups is 2. The molecular formula is C15H15F3N2O4. The van der Waals surface area contributed by atoms with Gasteiger partial charge in [-0.25, -0.2) is 4.79 Å². The number of alkyl halides is 3. The molecule has 24 heavy (non-hydrogen) atoms. The fourth-order valence-corrected chi connectivity index (χ4v) is 1.95. The molecule has 9 heteroatoms. The van der Waals surface area contributed by atoms with E-state index in [9.17, 15) is 27.9 Å². The van der Waals surface area contributed by atoms with Gasteiger partial charge in [0.15, 0.2) is 6.10 Å². The van der Waals surface area contributed by atoms with Crippen LogP contribution < -0.4 is 5.32 Å². The lowest BCUT2D eigenvalue weighted by Crippen LogP contribution is -2.46. The van der Waals surface area contributed by atoms with Crippen LogP contribution in [0.1, 0.15) is 30.6 Å². The molecule has 0 heterocycles. The number of aliphatic hydroxyl groups is 1. The van der Waals surface area contributed by atoms with Crippen LogP contribution in [0.25, 0.3) is 0 Å². The normalized spacial score (nSPS) is 15.0. The van der Waals surface area contributed by atoms with Gasteiger partial charge in [-0.2, -0.15) is 18.4 Å². The highest BCUT2D eigenvalue weighted by atomic mass is 19.4. The Balaban J connectivity index is 2.86. The minimum absolute atomic E-state index is 0.113. The molecule has 0 aliphatic rings. The van der Waals surface area contributed by atoms with Crippen molar-refractivity contribution in [3.63, 3.8) is 0 Å². The largest absolute Gasteiger partial charge is 0.480 e. The molecule has 0 aromatic heterocycles. The molecule has 0 saturated heterocycles. The summed E-state index contributed by atoms with van der Waals surface area (Å²) in [6, 6.07) is 3.65. The summed E-state index contributed by atoms with van der Waals surface area (Å²) in [6.45, 7) is 1.44. The first-order valence-corrected chi connectivity index (χ1v) is 6.83. The first-order valence-electron chi connectivity index (χ1n) is 6.83. The Bertz CT molecular complexity index is 638. The summed E-state index contributed by atoms with van der Waals surface area (Å²) in [5.74, 6) is -3.17.